The molecular weight excluding hydrogens is 470 g/mol. The zero-order valence-electron chi connectivity index (χ0n) is 18.5. The molecule has 0 saturated heterocycles. The number of thioether (sulfide) groups is 1. The van der Waals surface area contributed by atoms with E-state index in [9.17, 15) is 14.0 Å². The summed E-state index contributed by atoms with van der Waals surface area (Å²) in [5.74, 6) is 0.434. The summed E-state index contributed by atoms with van der Waals surface area (Å²) in [4.78, 5) is 27.7. The molecule has 0 heterocycles. The maximum atomic E-state index is 13.2. The minimum atomic E-state index is -0.612. The molecule has 0 fully saturated rings. The average Bonchev–Trinajstić information content (AvgIpc) is 2.74. The number of nitrogens with one attached hydrogen (secondary N) is 1. The third kappa shape index (κ3) is 8.30. The lowest BCUT2D eigenvalue weighted by atomic mass is 10.1. The number of amides is 2. The van der Waals surface area contributed by atoms with Crippen molar-refractivity contribution in [2.24, 2.45) is 5.92 Å². The van der Waals surface area contributed by atoms with Crippen LogP contribution in [0.4, 0.5) is 4.39 Å². The fourth-order valence-electron chi connectivity index (χ4n) is 3.10. The second kappa shape index (κ2) is 13.1. The van der Waals surface area contributed by atoms with Gasteiger partial charge < -0.3 is 10.2 Å². The topological polar surface area (TPSA) is 49.4 Å². The van der Waals surface area contributed by atoms with Crippen molar-refractivity contribution in [1.82, 2.24) is 10.2 Å². The van der Waals surface area contributed by atoms with Crippen LogP contribution in [0.2, 0.25) is 10.0 Å². The Hall–Kier alpha value is -1.76. The molecule has 1 N–H and O–H groups in total. The Kier molecular flexibility index (Phi) is 10.8. The molecule has 0 unspecified atom stereocenters. The molecule has 0 aliphatic heterocycles. The van der Waals surface area contributed by atoms with Gasteiger partial charge in [0.2, 0.25) is 11.8 Å². The highest BCUT2D eigenvalue weighted by Gasteiger charge is 2.29. The number of carbonyl (C=O) groups excluding carboxylic acids is 2. The number of carbonyl (C=O) groups is 2. The Bertz CT molecular complexity index is 909. The van der Waals surface area contributed by atoms with Crippen molar-refractivity contribution in [3.8, 4) is 0 Å². The molecule has 0 bridgehead atoms. The molecular formula is C24H29Cl2FN2O2S. The largest absolute Gasteiger partial charge is 0.354 e. The predicted molar refractivity (Wildman–Crippen MR) is 132 cm³/mol. The Morgan fingerprint density at radius 1 is 1.12 bits per heavy atom. The third-order valence-electron chi connectivity index (χ3n) is 4.83. The molecule has 2 rings (SSSR count). The fraction of sp³-hybridized carbons (Fsp3) is 0.417. The van der Waals surface area contributed by atoms with Gasteiger partial charge in [0, 0.05) is 28.9 Å². The summed E-state index contributed by atoms with van der Waals surface area (Å²) in [5.41, 5.74) is 1.65. The van der Waals surface area contributed by atoms with Gasteiger partial charge in [0.05, 0.1) is 5.75 Å². The van der Waals surface area contributed by atoms with Gasteiger partial charge in [-0.25, -0.2) is 4.39 Å². The smallest absolute Gasteiger partial charge is 0.242 e. The molecule has 4 nitrogen and oxygen atoms in total. The van der Waals surface area contributed by atoms with Gasteiger partial charge in [-0.1, -0.05) is 62.2 Å². The molecule has 2 amide bonds. The fourth-order valence-corrected chi connectivity index (χ4v) is 4.43. The lowest BCUT2D eigenvalue weighted by Gasteiger charge is -2.31. The summed E-state index contributed by atoms with van der Waals surface area (Å²) in [6.45, 7) is 6.67. The van der Waals surface area contributed by atoms with Crippen molar-refractivity contribution in [1.29, 1.82) is 0 Å². The Balaban J connectivity index is 2.15. The number of hydrogen-bond donors (Lipinski definition) is 1. The van der Waals surface area contributed by atoms with Gasteiger partial charge in [0.25, 0.3) is 0 Å². The van der Waals surface area contributed by atoms with E-state index in [0.29, 0.717) is 34.7 Å². The Labute approximate surface area is 203 Å². The first-order valence-electron chi connectivity index (χ1n) is 10.5. The highest BCUT2D eigenvalue weighted by Crippen LogP contribution is 2.24. The first-order chi connectivity index (χ1) is 15.2. The van der Waals surface area contributed by atoms with Crippen molar-refractivity contribution < 1.29 is 14.0 Å². The van der Waals surface area contributed by atoms with E-state index in [-0.39, 0.29) is 29.9 Å². The van der Waals surface area contributed by atoms with Crippen LogP contribution in [0.3, 0.4) is 0 Å². The molecule has 0 radical (unpaired) electrons. The summed E-state index contributed by atoms with van der Waals surface area (Å²) < 4.78 is 13.1. The maximum Gasteiger partial charge on any atom is 0.242 e. The van der Waals surface area contributed by atoms with Gasteiger partial charge in [0.15, 0.2) is 0 Å². The molecule has 2 aromatic carbocycles. The van der Waals surface area contributed by atoms with Gasteiger partial charge >= 0.3 is 0 Å². The third-order valence-corrected chi connectivity index (χ3v) is 6.41. The molecule has 1 atom stereocenters. The summed E-state index contributed by atoms with van der Waals surface area (Å²) >= 11 is 13.8. The molecule has 32 heavy (non-hydrogen) atoms. The lowest BCUT2D eigenvalue weighted by Crippen LogP contribution is -2.50. The van der Waals surface area contributed by atoms with Crippen molar-refractivity contribution in [3.63, 3.8) is 0 Å². The maximum absolute atomic E-state index is 13.2. The first-order valence-corrected chi connectivity index (χ1v) is 12.5. The molecule has 0 aliphatic rings. The normalized spacial score (nSPS) is 12.0. The second-order valence-corrected chi connectivity index (χ2v) is 9.77. The average molecular weight is 499 g/mol. The highest BCUT2D eigenvalue weighted by molar-refractivity contribution is 7.99. The standard InChI is InChI=1S/C24H29Cl2FN2O2S/c1-4-22(24(31)28-12-16(2)3)29(13-18-7-8-19(25)11-21(18)26)23(30)15-32-14-17-5-9-20(27)10-6-17/h5-11,16,22H,4,12-15H2,1-3H3,(H,28,31)/t22-/m1/s1. The van der Waals surface area contributed by atoms with Crippen molar-refractivity contribution in [2.75, 3.05) is 12.3 Å². The van der Waals surface area contributed by atoms with E-state index in [1.165, 1.54) is 23.9 Å². The quantitative estimate of drug-likeness (QED) is 0.416. The van der Waals surface area contributed by atoms with Gasteiger partial charge in [-0.15, -0.1) is 11.8 Å². The van der Waals surface area contributed by atoms with E-state index in [1.807, 2.05) is 20.8 Å². The minimum absolute atomic E-state index is 0.158. The van der Waals surface area contributed by atoms with E-state index >= 15 is 0 Å². The first kappa shape index (κ1) is 26.5. The van der Waals surface area contributed by atoms with Gasteiger partial charge in [-0.3, -0.25) is 9.59 Å². The molecule has 0 aromatic heterocycles. The summed E-state index contributed by atoms with van der Waals surface area (Å²) in [6, 6.07) is 10.7. The van der Waals surface area contributed by atoms with Gasteiger partial charge in [-0.2, -0.15) is 0 Å². The van der Waals surface area contributed by atoms with Crippen molar-refractivity contribution in [2.45, 2.75) is 45.5 Å². The molecule has 174 valence electrons. The number of nitrogens with zero attached hydrogens (tertiary/aromatic N) is 1. The van der Waals surface area contributed by atoms with Crippen LogP contribution < -0.4 is 5.32 Å². The lowest BCUT2D eigenvalue weighted by molar-refractivity contribution is -0.139. The van der Waals surface area contributed by atoms with Crippen LogP contribution in [0.25, 0.3) is 0 Å². The zero-order chi connectivity index (χ0) is 23.7. The minimum Gasteiger partial charge on any atom is -0.354 e. The Morgan fingerprint density at radius 2 is 1.81 bits per heavy atom. The van der Waals surface area contributed by atoms with E-state index in [4.69, 9.17) is 23.2 Å². The summed E-state index contributed by atoms with van der Waals surface area (Å²) in [6.07, 6.45) is 0.476. The van der Waals surface area contributed by atoms with Gasteiger partial charge in [0.1, 0.15) is 11.9 Å². The predicted octanol–water partition coefficient (Wildman–Crippen LogP) is 5.95. The van der Waals surface area contributed by atoms with E-state index in [0.717, 1.165) is 11.1 Å². The zero-order valence-corrected chi connectivity index (χ0v) is 20.9. The SMILES string of the molecule is CC[C@H](C(=O)NCC(C)C)N(Cc1ccc(Cl)cc1Cl)C(=O)CSCc1ccc(F)cc1. The second-order valence-electron chi connectivity index (χ2n) is 7.94. The van der Waals surface area contributed by atoms with Crippen LogP contribution in [0.15, 0.2) is 42.5 Å². The monoisotopic (exact) mass is 498 g/mol. The van der Waals surface area contributed by atoms with Crippen LogP contribution in [0.5, 0.6) is 0 Å². The molecule has 8 heteroatoms. The van der Waals surface area contributed by atoms with Crippen molar-refractivity contribution >= 4 is 46.8 Å². The molecule has 0 spiro atoms. The van der Waals surface area contributed by atoms with E-state index in [2.05, 4.69) is 5.32 Å². The molecule has 0 saturated carbocycles. The van der Waals surface area contributed by atoms with Crippen LogP contribution in [-0.4, -0.2) is 35.1 Å². The number of halogens is 3. The van der Waals surface area contributed by atoms with Crippen LogP contribution in [-0.2, 0) is 21.9 Å². The summed E-state index contributed by atoms with van der Waals surface area (Å²) in [5, 5.41) is 3.89. The molecule has 0 aliphatic carbocycles. The van der Waals surface area contributed by atoms with E-state index < -0.39 is 6.04 Å². The number of rotatable bonds is 11. The van der Waals surface area contributed by atoms with Crippen LogP contribution in [0.1, 0.15) is 38.3 Å². The van der Waals surface area contributed by atoms with Crippen LogP contribution in [0, 0.1) is 11.7 Å². The Morgan fingerprint density at radius 3 is 2.41 bits per heavy atom. The molecule has 2 aromatic rings. The highest BCUT2D eigenvalue weighted by atomic mass is 35.5. The number of benzene rings is 2. The number of hydrogen-bond acceptors (Lipinski definition) is 3. The summed E-state index contributed by atoms with van der Waals surface area (Å²) in [7, 11) is 0. The van der Waals surface area contributed by atoms with Crippen molar-refractivity contribution in [3.05, 3.63) is 69.5 Å². The van der Waals surface area contributed by atoms with Crippen LogP contribution >= 0.6 is 35.0 Å². The van der Waals surface area contributed by atoms with E-state index in [1.54, 1.807) is 35.2 Å². The van der Waals surface area contributed by atoms with Gasteiger partial charge in [-0.05, 0) is 47.7 Å².